The maximum absolute atomic E-state index is 13.0. The Balaban J connectivity index is 1.59. The van der Waals surface area contributed by atoms with Crippen LogP contribution in [0.4, 0.5) is 16.2 Å². The Morgan fingerprint density at radius 3 is 2.33 bits per heavy atom. The minimum atomic E-state index is -0.787. The summed E-state index contributed by atoms with van der Waals surface area (Å²) >= 11 is 12.7. The molecule has 39 heavy (non-hydrogen) atoms. The summed E-state index contributed by atoms with van der Waals surface area (Å²) in [5.74, 6) is -0.397. The molecule has 3 aromatic rings. The smallest absolute Gasteiger partial charge is 0.318 e. The van der Waals surface area contributed by atoms with E-state index >= 15 is 0 Å². The van der Waals surface area contributed by atoms with Crippen LogP contribution in [0.5, 0.6) is 17.2 Å². The molecule has 2 amide bonds. The number of benzene rings is 3. The minimum Gasteiger partial charge on any atom is -0.490 e. The number of nitro benzene ring substituents is 2. The molecule has 0 aliphatic carbocycles. The zero-order valence-corrected chi connectivity index (χ0v) is 22.3. The van der Waals surface area contributed by atoms with Crippen molar-refractivity contribution in [1.82, 2.24) is 4.90 Å². The van der Waals surface area contributed by atoms with Gasteiger partial charge in [-0.25, -0.2) is 0 Å². The normalized spacial score (nSPS) is 14.1. The first-order chi connectivity index (χ1) is 18.6. The van der Waals surface area contributed by atoms with Crippen molar-refractivity contribution in [1.29, 1.82) is 0 Å². The molecule has 4 rings (SSSR count). The van der Waals surface area contributed by atoms with Gasteiger partial charge in [-0.1, -0.05) is 35.3 Å². The standard InChI is InChI=1S/C25H17Cl2N3O8S/c1-2-37-22-10-14(4-7-21(22)38-20-8-5-16(29(33)34)12-19(20)30(35)36)11-23-24(31)28(25(32)39-23)13-15-3-6-17(26)18(27)9-15/h3-12H,2,13H2,1H3/b23-11-. The topological polar surface area (TPSA) is 142 Å². The molecule has 14 heteroatoms. The predicted molar refractivity (Wildman–Crippen MR) is 145 cm³/mol. The number of imide groups is 1. The summed E-state index contributed by atoms with van der Waals surface area (Å²) in [5, 5.41) is 22.7. The van der Waals surface area contributed by atoms with Crippen molar-refractivity contribution in [2.45, 2.75) is 13.5 Å². The lowest BCUT2D eigenvalue weighted by molar-refractivity contribution is -0.394. The lowest BCUT2D eigenvalue weighted by atomic mass is 10.1. The first kappa shape index (κ1) is 27.9. The number of thioether (sulfide) groups is 1. The van der Waals surface area contributed by atoms with E-state index in [1.807, 2.05) is 0 Å². The van der Waals surface area contributed by atoms with Crippen LogP contribution in [0.2, 0.25) is 10.0 Å². The van der Waals surface area contributed by atoms with E-state index in [9.17, 15) is 29.8 Å². The average Bonchev–Trinajstić information content (AvgIpc) is 3.15. The van der Waals surface area contributed by atoms with Gasteiger partial charge in [-0.2, -0.15) is 0 Å². The largest absolute Gasteiger partial charge is 0.490 e. The second-order valence-electron chi connectivity index (χ2n) is 7.92. The fourth-order valence-corrected chi connectivity index (χ4v) is 4.70. The minimum absolute atomic E-state index is 0.0177. The SMILES string of the molecule is CCOc1cc(/C=C2\SC(=O)N(Cc3ccc(Cl)c(Cl)c3)C2=O)ccc1Oc1ccc([N+](=O)[O-])cc1[N+](=O)[O-]. The molecule has 1 aliphatic rings. The van der Waals surface area contributed by atoms with Gasteiger partial charge in [0.15, 0.2) is 11.5 Å². The molecule has 1 fully saturated rings. The zero-order valence-electron chi connectivity index (χ0n) is 20.0. The van der Waals surface area contributed by atoms with Crippen LogP contribution in [0.15, 0.2) is 59.5 Å². The molecule has 3 aromatic carbocycles. The number of hydrogen-bond donors (Lipinski definition) is 0. The van der Waals surface area contributed by atoms with Crippen LogP contribution >= 0.6 is 35.0 Å². The predicted octanol–water partition coefficient (Wildman–Crippen LogP) is 7.24. The van der Waals surface area contributed by atoms with Crippen LogP contribution in [-0.2, 0) is 11.3 Å². The molecule has 0 unspecified atom stereocenters. The van der Waals surface area contributed by atoms with Crippen molar-refractivity contribution in [3.8, 4) is 17.2 Å². The van der Waals surface area contributed by atoms with Gasteiger partial charge in [-0.3, -0.25) is 34.7 Å². The molecule has 0 N–H and O–H groups in total. The van der Waals surface area contributed by atoms with Gasteiger partial charge in [0.1, 0.15) is 0 Å². The highest BCUT2D eigenvalue weighted by Gasteiger charge is 2.35. The van der Waals surface area contributed by atoms with Crippen molar-refractivity contribution in [2.24, 2.45) is 0 Å². The van der Waals surface area contributed by atoms with Gasteiger partial charge in [0.05, 0.1) is 44.0 Å². The van der Waals surface area contributed by atoms with E-state index in [4.69, 9.17) is 32.7 Å². The molecule has 0 spiro atoms. The number of hydrogen-bond acceptors (Lipinski definition) is 9. The third-order valence-electron chi connectivity index (χ3n) is 5.33. The fraction of sp³-hybridized carbons (Fsp3) is 0.120. The number of amides is 2. The number of halogens is 2. The summed E-state index contributed by atoms with van der Waals surface area (Å²) in [7, 11) is 0. The number of non-ortho nitro benzene ring substituents is 1. The van der Waals surface area contributed by atoms with Crippen molar-refractivity contribution in [3.05, 3.63) is 101 Å². The van der Waals surface area contributed by atoms with Gasteiger partial charge in [-0.05, 0) is 66.2 Å². The summed E-state index contributed by atoms with van der Waals surface area (Å²) in [6.45, 7) is 1.96. The third-order valence-corrected chi connectivity index (χ3v) is 6.98. The summed E-state index contributed by atoms with van der Waals surface area (Å²) < 4.78 is 11.3. The number of carbonyl (C=O) groups excluding carboxylic acids is 2. The molecule has 0 bridgehead atoms. The van der Waals surface area contributed by atoms with Gasteiger partial charge in [-0.15, -0.1) is 0 Å². The van der Waals surface area contributed by atoms with E-state index in [0.29, 0.717) is 21.2 Å². The summed E-state index contributed by atoms with van der Waals surface area (Å²) in [5.41, 5.74) is 0.0892. The van der Waals surface area contributed by atoms with E-state index in [0.717, 1.165) is 34.9 Å². The number of nitrogens with zero attached hydrogens (tertiary/aromatic N) is 3. The molecule has 0 atom stereocenters. The third kappa shape index (κ3) is 6.30. The number of nitro groups is 2. The lowest BCUT2D eigenvalue weighted by Gasteiger charge is -2.13. The maximum atomic E-state index is 13.0. The monoisotopic (exact) mass is 589 g/mol. The Bertz CT molecular complexity index is 1550. The average molecular weight is 590 g/mol. The second-order valence-corrected chi connectivity index (χ2v) is 9.73. The van der Waals surface area contributed by atoms with Gasteiger partial charge in [0.2, 0.25) is 5.75 Å². The van der Waals surface area contributed by atoms with Gasteiger partial charge >= 0.3 is 5.69 Å². The molecule has 0 aromatic heterocycles. The Morgan fingerprint density at radius 2 is 1.67 bits per heavy atom. The van der Waals surface area contributed by atoms with Crippen LogP contribution in [0, 0.1) is 20.2 Å². The number of ether oxygens (including phenoxy) is 2. The molecule has 1 saturated heterocycles. The number of carbonyl (C=O) groups is 2. The molecule has 1 heterocycles. The van der Waals surface area contributed by atoms with Crippen LogP contribution in [0.25, 0.3) is 6.08 Å². The first-order valence-electron chi connectivity index (χ1n) is 11.1. The Labute approximate surface area is 235 Å². The highest BCUT2D eigenvalue weighted by atomic mass is 35.5. The second kappa shape index (κ2) is 11.7. The van der Waals surface area contributed by atoms with E-state index in [2.05, 4.69) is 0 Å². The van der Waals surface area contributed by atoms with E-state index in [-0.39, 0.29) is 35.3 Å². The zero-order chi connectivity index (χ0) is 28.3. The van der Waals surface area contributed by atoms with Crippen molar-refractivity contribution in [3.63, 3.8) is 0 Å². The Morgan fingerprint density at radius 1 is 0.923 bits per heavy atom. The molecule has 11 nitrogen and oxygen atoms in total. The Hall–Kier alpha value is -4.13. The molecule has 200 valence electrons. The van der Waals surface area contributed by atoms with Gasteiger partial charge in [0, 0.05) is 6.07 Å². The van der Waals surface area contributed by atoms with Crippen molar-refractivity contribution < 1.29 is 28.9 Å². The molecular weight excluding hydrogens is 573 g/mol. The lowest BCUT2D eigenvalue weighted by Crippen LogP contribution is -2.27. The van der Waals surface area contributed by atoms with Crippen molar-refractivity contribution in [2.75, 3.05) is 6.61 Å². The molecule has 1 aliphatic heterocycles. The van der Waals surface area contributed by atoms with Gasteiger partial charge in [0.25, 0.3) is 16.8 Å². The highest BCUT2D eigenvalue weighted by molar-refractivity contribution is 8.18. The molecule has 0 radical (unpaired) electrons. The van der Waals surface area contributed by atoms with E-state index in [1.54, 1.807) is 37.3 Å². The number of rotatable bonds is 9. The summed E-state index contributed by atoms with van der Waals surface area (Å²) in [6.07, 6.45) is 1.51. The van der Waals surface area contributed by atoms with E-state index in [1.165, 1.54) is 12.1 Å². The highest BCUT2D eigenvalue weighted by Crippen LogP contribution is 2.40. The van der Waals surface area contributed by atoms with Crippen molar-refractivity contribution >= 4 is 63.6 Å². The molecular formula is C25H17Cl2N3O8S. The van der Waals surface area contributed by atoms with Crippen LogP contribution < -0.4 is 9.47 Å². The van der Waals surface area contributed by atoms with Crippen LogP contribution in [0.3, 0.4) is 0 Å². The van der Waals surface area contributed by atoms with Crippen LogP contribution in [-0.4, -0.2) is 32.5 Å². The summed E-state index contributed by atoms with van der Waals surface area (Å²) in [6, 6.07) is 12.4. The van der Waals surface area contributed by atoms with E-state index < -0.39 is 32.4 Å². The Kier molecular flexibility index (Phi) is 8.38. The first-order valence-corrected chi connectivity index (χ1v) is 12.7. The quantitative estimate of drug-likeness (QED) is 0.143. The van der Waals surface area contributed by atoms with Gasteiger partial charge < -0.3 is 9.47 Å². The molecule has 0 saturated carbocycles. The maximum Gasteiger partial charge on any atom is 0.318 e. The summed E-state index contributed by atoms with van der Waals surface area (Å²) in [4.78, 5) is 47.7. The van der Waals surface area contributed by atoms with Crippen LogP contribution in [0.1, 0.15) is 18.1 Å². The fourth-order valence-electron chi connectivity index (χ4n) is 3.54.